The average Bonchev–Trinajstić information content (AvgIpc) is 2.60. The Kier molecular flexibility index (Phi) is 4.63. The third-order valence-corrected chi connectivity index (χ3v) is 4.11. The van der Waals surface area contributed by atoms with Gasteiger partial charge in [0.05, 0.1) is 6.10 Å². The summed E-state index contributed by atoms with van der Waals surface area (Å²) in [7, 11) is 0. The number of amides is 1. The van der Waals surface area contributed by atoms with Crippen molar-refractivity contribution in [2.45, 2.75) is 20.0 Å². The third kappa shape index (κ3) is 3.44. The van der Waals surface area contributed by atoms with Crippen molar-refractivity contribution in [1.29, 1.82) is 0 Å². The molecule has 25 heavy (non-hydrogen) atoms. The molecule has 6 nitrogen and oxygen atoms in total. The molecule has 0 radical (unpaired) electrons. The van der Waals surface area contributed by atoms with E-state index < -0.39 is 17.6 Å². The van der Waals surface area contributed by atoms with Crippen LogP contribution in [0.2, 0.25) is 0 Å². The van der Waals surface area contributed by atoms with E-state index in [0.29, 0.717) is 5.65 Å². The quantitative estimate of drug-likeness (QED) is 0.760. The summed E-state index contributed by atoms with van der Waals surface area (Å²) in [6.45, 7) is 3.81. The second-order valence-electron chi connectivity index (χ2n) is 5.99. The van der Waals surface area contributed by atoms with Gasteiger partial charge in [-0.15, -0.1) is 0 Å². The Hall–Kier alpha value is -2.99. The fraction of sp³-hybridized carbons (Fsp3) is 0.211. The zero-order valence-corrected chi connectivity index (χ0v) is 14.1. The summed E-state index contributed by atoms with van der Waals surface area (Å²) in [4.78, 5) is 28.9. The number of rotatable bonds is 4. The topological polar surface area (TPSA) is 83.7 Å². The number of carbonyl (C=O) groups is 1. The van der Waals surface area contributed by atoms with E-state index in [2.05, 4.69) is 10.3 Å². The smallest absolute Gasteiger partial charge is 0.270 e. The van der Waals surface area contributed by atoms with Crippen molar-refractivity contribution >= 4 is 11.6 Å². The van der Waals surface area contributed by atoms with E-state index in [4.69, 9.17) is 0 Å². The lowest BCUT2D eigenvalue weighted by Gasteiger charge is -2.14. The van der Waals surface area contributed by atoms with Gasteiger partial charge in [0.15, 0.2) is 0 Å². The Morgan fingerprint density at radius 1 is 1.28 bits per heavy atom. The van der Waals surface area contributed by atoms with E-state index in [9.17, 15) is 14.7 Å². The highest BCUT2D eigenvalue weighted by molar-refractivity contribution is 5.93. The fourth-order valence-electron chi connectivity index (χ4n) is 2.69. The third-order valence-electron chi connectivity index (χ3n) is 4.11. The maximum absolute atomic E-state index is 12.4. The fourth-order valence-corrected chi connectivity index (χ4v) is 2.69. The first-order valence-electron chi connectivity index (χ1n) is 7.97. The van der Waals surface area contributed by atoms with Crippen molar-refractivity contribution in [3.8, 4) is 0 Å². The number of aliphatic hydroxyl groups is 1. The lowest BCUT2D eigenvalue weighted by Crippen LogP contribution is -2.34. The standard InChI is InChI=1S/C19H19N3O3/c1-12-7-8-22-17(9-12)20-10-15(19(22)25)18(24)21-11-16(23)14-6-4-3-5-13(14)2/h3-10,16,23H,11H2,1-2H3,(H,21,24). The average molecular weight is 337 g/mol. The molecule has 2 heterocycles. The number of fused-ring (bicyclic) bond motifs is 1. The summed E-state index contributed by atoms with van der Waals surface area (Å²) in [5.74, 6) is -0.555. The molecule has 1 atom stereocenters. The van der Waals surface area contributed by atoms with Crippen molar-refractivity contribution in [3.05, 3.63) is 81.4 Å². The summed E-state index contributed by atoms with van der Waals surface area (Å²) < 4.78 is 1.33. The molecule has 1 aromatic carbocycles. The van der Waals surface area contributed by atoms with Gasteiger partial charge >= 0.3 is 0 Å². The Labute approximate surface area is 144 Å². The van der Waals surface area contributed by atoms with E-state index >= 15 is 0 Å². The van der Waals surface area contributed by atoms with E-state index in [1.54, 1.807) is 24.4 Å². The lowest BCUT2D eigenvalue weighted by atomic mass is 10.0. The number of nitrogens with one attached hydrogen (secondary N) is 1. The molecule has 1 amide bonds. The number of hydrogen-bond donors (Lipinski definition) is 2. The molecule has 2 N–H and O–H groups in total. The zero-order valence-electron chi connectivity index (χ0n) is 14.1. The Morgan fingerprint density at radius 3 is 2.80 bits per heavy atom. The van der Waals surface area contributed by atoms with Crippen LogP contribution in [0.25, 0.3) is 5.65 Å². The minimum Gasteiger partial charge on any atom is -0.387 e. The van der Waals surface area contributed by atoms with Gasteiger partial charge in [0.25, 0.3) is 11.5 Å². The minimum absolute atomic E-state index is 0.0136. The number of benzene rings is 1. The highest BCUT2D eigenvalue weighted by Crippen LogP contribution is 2.16. The van der Waals surface area contributed by atoms with Crippen molar-refractivity contribution in [3.63, 3.8) is 0 Å². The molecule has 3 rings (SSSR count). The number of carbonyl (C=O) groups excluding carboxylic acids is 1. The molecule has 0 bridgehead atoms. The van der Waals surface area contributed by atoms with Crippen LogP contribution in [0.15, 0.2) is 53.6 Å². The SMILES string of the molecule is Cc1ccn2c(=O)c(C(=O)NCC(O)c3ccccc3C)cnc2c1. The minimum atomic E-state index is -0.844. The molecule has 2 aromatic heterocycles. The molecule has 0 fully saturated rings. The summed E-state index contributed by atoms with van der Waals surface area (Å²) >= 11 is 0. The Balaban J connectivity index is 1.79. The van der Waals surface area contributed by atoms with Crippen LogP contribution in [0.3, 0.4) is 0 Å². The lowest BCUT2D eigenvalue weighted by molar-refractivity contribution is 0.0914. The zero-order chi connectivity index (χ0) is 18.0. The second-order valence-corrected chi connectivity index (χ2v) is 5.99. The molecule has 3 aromatic rings. The van der Waals surface area contributed by atoms with Crippen LogP contribution in [-0.4, -0.2) is 26.9 Å². The van der Waals surface area contributed by atoms with Crippen molar-refractivity contribution in [2.75, 3.05) is 6.54 Å². The normalized spacial score (nSPS) is 12.1. The van der Waals surface area contributed by atoms with Gasteiger partial charge in [-0.2, -0.15) is 0 Å². The number of hydrogen-bond acceptors (Lipinski definition) is 4. The molecule has 0 aliphatic rings. The summed E-state index contributed by atoms with van der Waals surface area (Å²) in [5.41, 5.74) is 2.65. The van der Waals surface area contributed by atoms with Gasteiger partial charge in [-0.25, -0.2) is 4.98 Å². The van der Waals surface area contributed by atoms with Gasteiger partial charge in [0, 0.05) is 18.9 Å². The van der Waals surface area contributed by atoms with Crippen LogP contribution in [0.1, 0.15) is 33.2 Å². The van der Waals surface area contributed by atoms with Gasteiger partial charge in [-0.3, -0.25) is 14.0 Å². The van der Waals surface area contributed by atoms with Crippen LogP contribution in [0, 0.1) is 13.8 Å². The first-order chi connectivity index (χ1) is 12.0. The molecule has 128 valence electrons. The molecule has 0 saturated carbocycles. The van der Waals surface area contributed by atoms with Crippen LogP contribution < -0.4 is 10.9 Å². The van der Waals surface area contributed by atoms with Crippen LogP contribution in [-0.2, 0) is 0 Å². The highest BCUT2D eigenvalue weighted by atomic mass is 16.3. The molecular weight excluding hydrogens is 318 g/mol. The maximum atomic E-state index is 12.4. The monoisotopic (exact) mass is 337 g/mol. The van der Waals surface area contributed by atoms with E-state index in [0.717, 1.165) is 16.7 Å². The van der Waals surface area contributed by atoms with E-state index in [1.165, 1.54) is 10.6 Å². The Morgan fingerprint density at radius 2 is 2.04 bits per heavy atom. The Bertz CT molecular complexity index is 995. The maximum Gasteiger partial charge on any atom is 0.270 e. The molecular formula is C19H19N3O3. The van der Waals surface area contributed by atoms with Crippen LogP contribution in [0.5, 0.6) is 0 Å². The van der Waals surface area contributed by atoms with Gasteiger partial charge in [-0.05, 0) is 42.7 Å². The van der Waals surface area contributed by atoms with Crippen LogP contribution >= 0.6 is 0 Å². The highest BCUT2D eigenvalue weighted by Gasteiger charge is 2.16. The summed E-state index contributed by atoms with van der Waals surface area (Å²) in [5, 5.41) is 12.9. The van der Waals surface area contributed by atoms with Crippen molar-refractivity contribution < 1.29 is 9.90 Å². The molecule has 0 spiro atoms. The van der Waals surface area contributed by atoms with Gasteiger partial charge in [-0.1, -0.05) is 24.3 Å². The first-order valence-corrected chi connectivity index (χ1v) is 7.97. The second kappa shape index (κ2) is 6.86. The molecule has 0 saturated heterocycles. The number of pyridine rings is 1. The molecule has 0 aliphatic carbocycles. The number of aliphatic hydroxyl groups excluding tert-OH is 1. The van der Waals surface area contributed by atoms with Gasteiger partial charge < -0.3 is 10.4 Å². The summed E-state index contributed by atoms with van der Waals surface area (Å²) in [6.07, 6.45) is 2.02. The molecule has 6 heteroatoms. The largest absolute Gasteiger partial charge is 0.387 e. The number of aromatic nitrogens is 2. The van der Waals surface area contributed by atoms with Crippen molar-refractivity contribution in [1.82, 2.24) is 14.7 Å². The predicted octanol–water partition coefficient (Wildman–Crippen LogP) is 1.77. The molecule has 0 aliphatic heterocycles. The number of nitrogens with zero attached hydrogens (tertiary/aromatic N) is 2. The predicted molar refractivity (Wildman–Crippen MR) is 94.7 cm³/mol. The van der Waals surface area contributed by atoms with Crippen molar-refractivity contribution in [2.24, 2.45) is 0 Å². The summed E-state index contributed by atoms with van der Waals surface area (Å²) in [6, 6.07) is 11.0. The van der Waals surface area contributed by atoms with Gasteiger partial charge in [0.1, 0.15) is 11.2 Å². The number of aryl methyl sites for hydroxylation is 2. The van der Waals surface area contributed by atoms with E-state index in [1.807, 2.05) is 32.0 Å². The van der Waals surface area contributed by atoms with Crippen LogP contribution in [0.4, 0.5) is 0 Å². The first kappa shape index (κ1) is 16.9. The van der Waals surface area contributed by atoms with E-state index in [-0.39, 0.29) is 12.1 Å². The molecule has 1 unspecified atom stereocenters. The van der Waals surface area contributed by atoms with Gasteiger partial charge in [0.2, 0.25) is 0 Å².